The highest BCUT2D eigenvalue weighted by atomic mass is 32.2. The van der Waals surface area contributed by atoms with Gasteiger partial charge in [0.2, 0.25) is 6.29 Å². The van der Waals surface area contributed by atoms with Crippen LogP contribution in [-0.4, -0.2) is 32.7 Å². The molecule has 0 saturated carbocycles. The first-order valence-corrected chi connectivity index (χ1v) is 9.15. The second kappa shape index (κ2) is 10.7. The molecule has 0 aromatic carbocycles. The smallest absolute Gasteiger partial charge is 0.335 e. The van der Waals surface area contributed by atoms with Crippen LogP contribution >= 0.6 is 0 Å². The van der Waals surface area contributed by atoms with E-state index in [0.29, 0.717) is 6.61 Å². The van der Waals surface area contributed by atoms with Gasteiger partial charge in [-0.3, -0.25) is 0 Å². The van der Waals surface area contributed by atoms with Gasteiger partial charge >= 0.3 is 5.97 Å². The number of carbonyl (C=O) groups excluding carboxylic acids is 1. The standard InChI is InChI=1S/C15H28O6S/c1-6-9-10-11-19-14(8-3)22(17,18)21-13(7-2)20-15(16)12(4)5/h13-14H,4,6-11H2,1-3,5H3. The Balaban J connectivity index is 4.65. The van der Waals surface area contributed by atoms with Crippen molar-refractivity contribution in [2.45, 2.75) is 71.5 Å². The molecule has 130 valence electrons. The van der Waals surface area contributed by atoms with Crippen molar-refractivity contribution in [3.05, 3.63) is 12.2 Å². The van der Waals surface area contributed by atoms with Crippen molar-refractivity contribution in [3.63, 3.8) is 0 Å². The topological polar surface area (TPSA) is 78.9 Å². The van der Waals surface area contributed by atoms with Gasteiger partial charge in [-0.05, 0) is 19.8 Å². The van der Waals surface area contributed by atoms with Gasteiger partial charge in [-0.25, -0.2) is 8.98 Å². The first-order valence-electron chi connectivity index (χ1n) is 7.68. The zero-order chi connectivity index (χ0) is 17.2. The lowest BCUT2D eigenvalue weighted by Gasteiger charge is -2.21. The maximum absolute atomic E-state index is 12.2. The van der Waals surface area contributed by atoms with Crippen LogP contribution in [0.25, 0.3) is 0 Å². The van der Waals surface area contributed by atoms with Crippen LogP contribution in [-0.2, 0) is 28.6 Å². The summed E-state index contributed by atoms with van der Waals surface area (Å²) in [7, 11) is -3.97. The Bertz CT molecular complexity index is 443. The van der Waals surface area contributed by atoms with E-state index in [4.69, 9.17) is 13.7 Å². The minimum absolute atomic E-state index is 0.183. The number of ether oxygens (including phenoxy) is 2. The highest BCUT2D eigenvalue weighted by Crippen LogP contribution is 2.16. The Morgan fingerprint density at radius 2 is 1.77 bits per heavy atom. The summed E-state index contributed by atoms with van der Waals surface area (Å²) in [5, 5.41) is 0. The average molecular weight is 336 g/mol. The molecule has 2 atom stereocenters. The molecular formula is C15H28O6S. The van der Waals surface area contributed by atoms with Crippen LogP contribution in [0, 0.1) is 0 Å². The van der Waals surface area contributed by atoms with Gasteiger partial charge in [-0.1, -0.05) is 40.2 Å². The van der Waals surface area contributed by atoms with Gasteiger partial charge in [-0.15, -0.1) is 0 Å². The third kappa shape index (κ3) is 7.91. The molecule has 0 N–H and O–H groups in total. The monoisotopic (exact) mass is 336 g/mol. The van der Waals surface area contributed by atoms with Crippen LogP contribution in [0.15, 0.2) is 12.2 Å². The Morgan fingerprint density at radius 1 is 1.14 bits per heavy atom. The number of unbranched alkanes of at least 4 members (excludes halogenated alkanes) is 2. The van der Waals surface area contributed by atoms with E-state index in [1.807, 2.05) is 0 Å². The van der Waals surface area contributed by atoms with E-state index in [0.717, 1.165) is 19.3 Å². The van der Waals surface area contributed by atoms with Gasteiger partial charge in [-0.2, -0.15) is 8.42 Å². The van der Waals surface area contributed by atoms with E-state index in [9.17, 15) is 13.2 Å². The third-order valence-corrected chi connectivity index (χ3v) is 4.46. The van der Waals surface area contributed by atoms with Crippen molar-refractivity contribution in [2.75, 3.05) is 6.61 Å². The lowest BCUT2D eigenvalue weighted by atomic mass is 10.3. The predicted molar refractivity (Wildman–Crippen MR) is 84.5 cm³/mol. The molecule has 0 saturated heterocycles. The molecule has 0 amide bonds. The van der Waals surface area contributed by atoms with Gasteiger partial charge in [0.1, 0.15) is 0 Å². The first kappa shape index (κ1) is 21.1. The highest BCUT2D eigenvalue weighted by molar-refractivity contribution is 7.87. The molecule has 22 heavy (non-hydrogen) atoms. The molecule has 0 aromatic heterocycles. The molecule has 0 bridgehead atoms. The maximum atomic E-state index is 12.2. The van der Waals surface area contributed by atoms with Crippen molar-refractivity contribution in [2.24, 2.45) is 0 Å². The van der Waals surface area contributed by atoms with Gasteiger partial charge in [0.05, 0.1) is 0 Å². The average Bonchev–Trinajstić information content (AvgIpc) is 2.45. The Labute approximate surface area is 133 Å². The summed E-state index contributed by atoms with van der Waals surface area (Å²) in [6.07, 6.45) is 2.11. The van der Waals surface area contributed by atoms with Crippen LogP contribution in [0.2, 0.25) is 0 Å². The van der Waals surface area contributed by atoms with Crippen LogP contribution in [0.5, 0.6) is 0 Å². The summed E-state index contributed by atoms with van der Waals surface area (Å²) >= 11 is 0. The molecular weight excluding hydrogens is 308 g/mol. The van der Waals surface area contributed by atoms with E-state index < -0.39 is 27.8 Å². The summed E-state index contributed by atoms with van der Waals surface area (Å²) in [6.45, 7) is 10.7. The normalized spacial score (nSPS) is 14.4. The minimum Gasteiger partial charge on any atom is -0.431 e. The van der Waals surface area contributed by atoms with Crippen LogP contribution < -0.4 is 0 Å². The fourth-order valence-electron chi connectivity index (χ4n) is 1.57. The molecule has 0 heterocycles. The van der Waals surface area contributed by atoms with Crippen molar-refractivity contribution < 1.29 is 26.9 Å². The Morgan fingerprint density at radius 3 is 2.23 bits per heavy atom. The highest BCUT2D eigenvalue weighted by Gasteiger charge is 2.30. The fourth-order valence-corrected chi connectivity index (χ4v) is 2.84. The zero-order valence-electron chi connectivity index (χ0n) is 14.0. The van der Waals surface area contributed by atoms with Crippen molar-refractivity contribution in [1.29, 1.82) is 0 Å². The SMILES string of the molecule is C=C(C)C(=O)OC(CC)OS(=O)(=O)C(CC)OCCCCC. The third-order valence-electron chi connectivity index (χ3n) is 2.87. The van der Waals surface area contributed by atoms with E-state index in [1.54, 1.807) is 13.8 Å². The molecule has 0 aliphatic rings. The van der Waals surface area contributed by atoms with E-state index >= 15 is 0 Å². The molecule has 2 unspecified atom stereocenters. The van der Waals surface area contributed by atoms with Gasteiger partial charge in [0.25, 0.3) is 10.1 Å². The molecule has 0 rings (SSSR count). The predicted octanol–water partition coefficient (Wildman–Crippen LogP) is 3.13. The lowest BCUT2D eigenvalue weighted by molar-refractivity contribution is -0.158. The summed E-state index contributed by atoms with van der Waals surface area (Å²) in [4.78, 5) is 11.5. The minimum atomic E-state index is -3.97. The van der Waals surface area contributed by atoms with Crippen molar-refractivity contribution in [3.8, 4) is 0 Å². The van der Waals surface area contributed by atoms with Gasteiger partial charge in [0, 0.05) is 18.6 Å². The number of hydrogen-bond donors (Lipinski definition) is 0. The number of esters is 1. The Kier molecular flexibility index (Phi) is 10.3. The largest absolute Gasteiger partial charge is 0.431 e. The molecule has 7 heteroatoms. The summed E-state index contributed by atoms with van der Waals surface area (Å²) in [6, 6.07) is 0. The first-order chi connectivity index (χ1) is 10.3. The molecule has 0 spiro atoms. The quantitative estimate of drug-likeness (QED) is 0.179. The van der Waals surface area contributed by atoms with E-state index in [1.165, 1.54) is 6.92 Å². The number of carbonyl (C=O) groups is 1. The number of rotatable bonds is 12. The molecule has 0 aliphatic heterocycles. The summed E-state index contributed by atoms with van der Waals surface area (Å²) < 4.78 is 39.7. The van der Waals surface area contributed by atoms with Crippen molar-refractivity contribution in [1.82, 2.24) is 0 Å². The molecule has 0 radical (unpaired) electrons. The van der Waals surface area contributed by atoms with Crippen molar-refractivity contribution >= 4 is 16.1 Å². The second-order valence-corrected chi connectivity index (χ2v) is 6.73. The van der Waals surface area contributed by atoms with Gasteiger partial charge < -0.3 is 9.47 Å². The van der Waals surface area contributed by atoms with E-state index in [-0.39, 0.29) is 18.4 Å². The molecule has 6 nitrogen and oxygen atoms in total. The molecule has 0 aromatic rings. The maximum Gasteiger partial charge on any atom is 0.335 e. The zero-order valence-corrected chi connectivity index (χ0v) is 14.8. The summed E-state index contributed by atoms with van der Waals surface area (Å²) in [5.74, 6) is -0.682. The molecule has 0 fully saturated rings. The van der Waals surface area contributed by atoms with E-state index in [2.05, 4.69) is 13.5 Å². The van der Waals surface area contributed by atoms with Crippen LogP contribution in [0.3, 0.4) is 0 Å². The molecule has 0 aliphatic carbocycles. The number of hydrogen-bond acceptors (Lipinski definition) is 6. The van der Waals surface area contributed by atoms with Gasteiger partial charge in [0.15, 0.2) is 5.44 Å². The van der Waals surface area contributed by atoms with Crippen LogP contribution in [0.4, 0.5) is 0 Å². The Hall–Kier alpha value is -0.920. The van der Waals surface area contributed by atoms with Crippen LogP contribution in [0.1, 0.15) is 59.8 Å². The fraction of sp³-hybridized carbons (Fsp3) is 0.800. The summed E-state index contributed by atoms with van der Waals surface area (Å²) in [5.41, 5.74) is -0.871. The lowest BCUT2D eigenvalue weighted by Crippen LogP contribution is -2.32. The second-order valence-electron chi connectivity index (χ2n) is 5.03.